The fourth-order valence-electron chi connectivity index (χ4n) is 1.81. The summed E-state index contributed by atoms with van der Waals surface area (Å²) < 4.78 is 38.2. The molecule has 1 aromatic carbocycles. The normalized spacial score (nSPS) is 11.4. The molecule has 0 aliphatic rings. The molecule has 0 aliphatic heterocycles. The van der Waals surface area contributed by atoms with Gasteiger partial charge in [-0.25, -0.2) is 9.97 Å². The average molecular weight is 360 g/mol. The first-order valence-corrected chi connectivity index (χ1v) is 7.38. The van der Waals surface area contributed by atoms with Gasteiger partial charge < -0.3 is 4.90 Å². The van der Waals surface area contributed by atoms with Gasteiger partial charge in [0.25, 0.3) is 0 Å². The van der Waals surface area contributed by atoms with Crippen molar-refractivity contribution in [3.05, 3.63) is 53.9 Å². The zero-order valence-corrected chi connectivity index (χ0v) is 12.6. The summed E-state index contributed by atoms with van der Waals surface area (Å²) >= 11 is 3.30. The van der Waals surface area contributed by atoms with Gasteiger partial charge in [-0.05, 0) is 11.6 Å². The fraction of sp³-hybridized carbons (Fsp3) is 0.286. The minimum absolute atomic E-state index is 0.0770. The quantitative estimate of drug-likeness (QED) is 0.758. The van der Waals surface area contributed by atoms with Gasteiger partial charge in [0.15, 0.2) is 0 Å². The maximum Gasteiger partial charge on any atom is 0.433 e. The molecule has 0 N–H and O–H groups in total. The number of benzene rings is 1. The Hall–Kier alpha value is -1.63. The van der Waals surface area contributed by atoms with Gasteiger partial charge in [0.1, 0.15) is 5.69 Å². The summed E-state index contributed by atoms with van der Waals surface area (Å²) in [5.74, 6) is 0.0770. The second-order valence-electron chi connectivity index (χ2n) is 4.34. The predicted molar refractivity (Wildman–Crippen MR) is 78.3 cm³/mol. The number of hydrogen-bond acceptors (Lipinski definition) is 3. The summed E-state index contributed by atoms with van der Waals surface area (Å²) in [5.41, 5.74) is 0.0552. The van der Waals surface area contributed by atoms with Crippen molar-refractivity contribution in [2.45, 2.75) is 12.7 Å². The van der Waals surface area contributed by atoms with Crippen LogP contribution in [-0.2, 0) is 12.7 Å². The maximum absolute atomic E-state index is 12.7. The van der Waals surface area contributed by atoms with Crippen molar-refractivity contribution in [1.29, 1.82) is 0 Å². The highest BCUT2D eigenvalue weighted by Gasteiger charge is 2.33. The van der Waals surface area contributed by atoms with Crippen LogP contribution in [0.15, 0.2) is 42.6 Å². The van der Waals surface area contributed by atoms with E-state index < -0.39 is 11.9 Å². The second-order valence-corrected chi connectivity index (χ2v) is 5.13. The average Bonchev–Trinajstić information content (AvgIpc) is 2.47. The van der Waals surface area contributed by atoms with E-state index in [4.69, 9.17) is 0 Å². The highest BCUT2D eigenvalue weighted by atomic mass is 79.9. The molecule has 3 nitrogen and oxygen atoms in total. The smallest absolute Gasteiger partial charge is 0.336 e. The van der Waals surface area contributed by atoms with E-state index in [1.807, 2.05) is 30.3 Å². The molecular weight excluding hydrogens is 347 g/mol. The molecule has 1 aromatic heterocycles. The van der Waals surface area contributed by atoms with Gasteiger partial charge >= 0.3 is 6.18 Å². The lowest BCUT2D eigenvalue weighted by molar-refractivity contribution is -0.141. The van der Waals surface area contributed by atoms with E-state index in [9.17, 15) is 13.2 Å². The van der Waals surface area contributed by atoms with Gasteiger partial charge in [-0.3, -0.25) is 0 Å². The Morgan fingerprint density at radius 2 is 1.81 bits per heavy atom. The van der Waals surface area contributed by atoms with Crippen molar-refractivity contribution in [2.75, 3.05) is 16.8 Å². The van der Waals surface area contributed by atoms with Crippen molar-refractivity contribution in [2.24, 2.45) is 0 Å². The number of rotatable bonds is 5. The van der Waals surface area contributed by atoms with Crippen LogP contribution in [0.5, 0.6) is 0 Å². The molecule has 0 amide bonds. The van der Waals surface area contributed by atoms with Crippen LogP contribution in [0.2, 0.25) is 0 Å². The number of halogens is 4. The van der Waals surface area contributed by atoms with Crippen LogP contribution in [0.3, 0.4) is 0 Å². The molecule has 0 unspecified atom stereocenters. The lowest BCUT2D eigenvalue weighted by Gasteiger charge is -2.22. The van der Waals surface area contributed by atoms with Crippen molar-refractivity contribution < 1.29 is 13.2 Å². The topological polar surface area (TPSA) is 29.0 Å². The highest BCUT2D eigenvalue weighted by Crippen LogP contribution is 2.28. The first-order valence-electron chi connectivity index (χ1n) is 6.26. The standard InChI is InChI=1S/C14H13BrF3N3/c15-7-9-21(10-11-4-2-1-3-5-11)13-19-8-6-12(20-13)14(16,17)18/h1-6,8H,7,9-10H2. The summed E-state index contributed by atoms with van der Waals surface area (Å²) in [6, 6.07) is 10.4. The Kier molecular flexibility index (Phi) is 5.17. The van der Waals surface area contributed by atoms with E-state index in [1.165, 1.54) is 0 Å². The van der Waals surface area contributed by atoms with Crippen LogP contribution < -0.4 is 4.90 Å². The Morgan fingerprint density at radius 1 is 1.10 bits per heavy atom. The molecular formula is C14H13BrF3N3. The summed E-state index contributed by atoms with van der Waals surface area (Å²) in [5, 5.41) is 0.611. The van der Waals surface area contributed by atoms with Crippen molar-refractivity contribution in [1.82, 2.24) is 9.97 Å². The largest absolute Gasteiger partial charge is 0.433 e. The van der Waals surface area contributed by atoms with Crippen LogP contribution in [0.4, 0.5) is 19.1 Å². The molecule has 0 saturated heterocycles. The summed E-state index contributed by atoms with van der Waals surface area (Å²) in [6.07, 6.45) is -3.33. The molecule has 112 valence electrons. The van der Waals surface area contributed by atoms with Crippen LogP contribution in [-0.4, -0.2) is 21.8 Å². The lowest BCUT2D eigenvalue weighted by Crippen LogP contribution is -2.27. The summed E-state index contributed by atoms with van der Waals surface area (Å²) in [7, 11) is 0. The SMILES string of the molecule is FC(F)(F)c1ccnc(N(CCBr)Cc2ccccc2)n1. The Labute approximate surface area is 129 Å². The van der Waals surface area contributed by atoms with Crippen molar-refractivity contribution >= 4 is 21.9 Å². The van der Waals surface area contributed by atoms with E-state index in [0.29, 0.717) is 18.4 Å². The molecule has 2 rings (SSSR count). The number of aromatic nitrogens is 2. The molecule has 0 spiro atoms. The molecule has 21 heavy (non-hydrogen) atoms. The molecule has 0 saturated carbocycles. The van der Waals surface area contributed by atoms with Crippen molar-refractivity contribution in [3.63, 3.8) is 0 Å². The molecule has 0 radical (unpaired) electrons. The van der Waals surface area contributed by atoms with Crippen LogP contribution in [0, 0.1) is 0 Å². The van der Waals surface area contributed by atoms with E-state index in [1.54, 1.807) is 4.90 Å². The van der Waals surface area contributed by atoms with E-state index in [2.05, 4.69) is 25.9 Å². The molecule has 0 fully saturated rings. The van der Waals surface area contributed by atoms with Crippen molar-refractivity contribution in [3.8, 4) is 0 Å². The van der Waals surface area contributed by atoms with Gasteiger partial charge in [0.2, 0.25) is 5.95 Å². The zero-order valence-electron chi connectivity index (χ0n) is 11.0. The lowest BCUT2D eigenvalue weighted by atomic mass is 10.2. The van der Waals surface area contributed by atoms with E-state index in [0.717, 1.165) is 17.8 Å². The molecule has 0 bridgehead atoms. The molecule has 0 atom stereocenters. The maximum atomic E-state index is 12.7. The number of hydrogen-bond donors (Lipinski definition) is 0. The van der Waals surface area contributed by atoms with Gasteiger partial charge in [0, 0.05) is 24.6 Å². The third-order valence-electron chi connectivity index (χ3n) is 2.79. The highest BCUT2D eigenvalue weighted by molar-refractivity contribution is 9.09. The van der Waals surface area contributed by atoms with Crippen LogP contribution in [0.1, 0.15) is 11.3 Å². The van der Waals surface area contributed by atoms with Crippen LogP contribution >= 0.6 is 15.9 Å². The van der Waals surface area contributed by atoms with Crippen LogP contribution in [0.25, 0.3) is 0 Å². The molecule has 1 heterocycles. The number of anilines is 1. The summed E-state index contributed by atoms with van der Waals surface area (Å²) in [4.78, 5) is 9.30. The second kappa shape index (κ2) is 6.89. The Morgan fingerprint density at radius 3 is 2.43 bits per heavy atom. The molecule has 2 aromatic rings. The number of nitrogens with zero attached hydrogens (tertiary/aromatic N) is 3. The minimum Gasteiger partial charge on any atom is -0.336 e. The van der Waals surface area contributed by atoms with Gasteiger partial charge in [0.05, 0.1) is 0 Å². The van der Waals surface area contributed by atoms with Gasteiger partial charge in [-0.1, -0.05) is 46.3 Å². The Balaban J connectivity index is 2.26. The monoisotopic (exact) mass is 359 g/mol. The summed E-state index contributed by atoms with van der Waals surface area (Å²) in [6.45, 7) is 0.962. The Bertz CT molecular complexity index is 575. The van der Waals surface area contributed by atoms with Gasteiger partial charge in [-0.15, -0.1) is 0 Å². The fourth-order valence-corrected chi connectivity index (χ4v) is 2.24. The molecule has 7 heteroatoms. The van der Waals surface area contributed by atoms with Gasteiger partial charge in [-0.2, -0.15) is 13.2 Å². The first kappa shape index (κ1) is 15.8. The predicted octanol–water partition coefficient (Wildman–Crippen LogP) is 3.90. The third kappa shape index (κ3) is 4.42. The molecule has 0 aliphatic carbocycles. The van der Waals surface area contributed by atoms with E-state index >= 15 is 0 Å². The minimum atomic E-state index is -4.47. The zero-order chi connectivity index (χ0) is 15.3. The first-order chi connectivity index (χ1) is 10.0. The number of alkyl halides is 4. The van der Waals surface area contributed by atoms with E-state index in [-0.39, 0.29) is 5.95 Å². The third-order valence-corrected chi connectivity index (χ3v) is 3.14.